The van der Waals surface area contributed by atoms with Crippen LogP contribution in [0.4, 0.5) is 4.39 Å². The van der Waals surface area contributed by atoms with Gasteiger partial charge in [0.15, 0.2) is 0 Å². The maximum atomic E-state index is 12.7. The van der Waals surface area contributed by atoms with Gasteiger partial charge in [-0.15, -0.1) is 0 Å². The number of rotatable bonds is 2. The Hall–Kier alpha value is -1.06. The van der Waals surface area contributed by atoms with Crippen LogP contribution in [0.2, 0.25) is 10.0 Å². The van der Waals surface area contributed by atoms with E-state index in [0.717, 1.165) is 6.08 Å². The van der Waals surface area contributed by atoms with Gasteiger partial charge in [-0.05, 0) is 17.7 Å². The molecule has 0 amide bonds. The maximum Gasteiger partial charge on any atom is 0.364 e. The average molecular weight is 235 g/mol. The fraction of sp³-hybridized carbons (Fsp3) is 0. The Balaban J connectivity index is 3.15. The highest BCUT2D eigenvalue weighted by molar-refractivity contribution is 6.42. The lowest BCUT2D eigenvalue weighted by Gasteiger charge is -1.99. The Morgan fingerprint density at radius 2 is 2.07 bits per heavy atom. The SMILES string of the molecule is O=C(O)C(F)=Cc1cccc(Cl)c1Cl. The summed E-state index contributed by atoms with van der Waals surface area (Å²) in [7, 11) is 0. The second-order valence-electron chi connectivity index (χ2n) is 2.44. The fourth-order valence-electron chi connectivity index (χ4n) is 0.830. The largest absolute Gasteiger partial charge is 0.476 e. The van der Waals surface area contributed by atoms with Gasteiger partial charge in [-0.2, -0.15) is 4.39 Å². The first-order valence-electron chi connectivity index (χ1n) is 3.57. The Labute approximate surface area is 89.6 Å². The zero-order chi connectivity index (χ0) is 10.7. The third-order valence-electron chi connectivity index (χ3n) is 1.47. The summed E-state index contributed by atoms with van der Waals surface area (Å²) in [5.74, 6) is -2.92. The van der Waals surface area contributed by atoms with E-state index >= 15 is 0 Å². The van der Waals surface area contributed by atoms with Gasteiger partial charge in [0.2, 0.25) is 5.83 Å². The van der Waals surface area contributed by atoms with E-state index in [-0.39, 0.29) is 15.6 Å². The minimum Gasteiger partial charge on any atom is -0.476 e. The number of aliphatic carboxylic acids is 1. The quantitative estimate of drug-likeness (QED) is 0.797. The second kappa shape index (κ2) is 4.44. The van der Waals surface area contributed by atoms with Gasteiger partial charge >= 0.3 is 5.97 Å². The van der Waals surface area contributed by atoms with Crippen molar-refractivity contribution in [2.24, 2.45) is 0 Å². The molecule has 1 rings (SSSR count). The first-order chi connectivity index (χ1) is 6.52. The van der Waals surface area contributed by atoms with Crippen molar-refractivity contribution in [1.29, 1.82) is 0 Å². The lowest BCUT2D eigenvalue weighted by Crippen LogP contribution is -1.94. The van der Waals surface area contributed by atoms with Crippen LogP contribution in [0.3, 0.4) is 0 Å². The third-order valence-corrected chi connectivity index (χ3v) is 2.30. The van der Waals surface area contributed by atoms with Crippen LogP contribution in [0.5, 0.6) is 0 Å². The molecule has 0 aromatic heterocycles. The molecule has 0 aliphatic carbocycles. The van der Waals surface area contributed by atoms with Gasteiger partial charge in [0.1, 0.15) is 0 Å². The zero-order valence-corrected chi connectivity index (χ0v) is 8.31. The summed E-state index contributed by atoms with van der Waals surface area (Å²) in [5, 5.41) is 8.66. The van der Waals surface area contributed by atoms with Crippen LogP contribution in [-0.2, 0) is 4.79 Å². The highest BCUT2D eigenvalue weighted by atomic mass is 35.5. The minimum atomic E-state index is -1.64. The summed E-state index contributed by atoms with van der Waals surface area (Å²) in [6.45, 7) is 0. The molecule has 1 aromatic carbocycles. The number of carbonyl (C=O) groups is 1. The molecule has 0 aliphatic rings. The normalized spacial score (nSPS) is 11.5. The van der Waals surface area contributed by atoms with E-state index in [2.05, 4.69) is 0 Å². The highest BCUT2D eigenvalue weighted by Gasteiger charge is 2.08. The molecule has 0 radical (unpaired) electrons. The summed E-state index contributed by atoms with van der Waals surface area (Å²) >= 11 is 11.4. The van der Waals surface area contributed by atoms with Gasteiger partial charge in [-0.1, -0.05) is 35.3 Å². The smallest absolute Gasteiger partial charge is 0.364 e. The monoisotopic (exact) mass is 234 g/mol. The van der Waals surface area contributed by atoms with E-state index in [1.54, 1.807) is 6.07 Å². The van der Waals surface area contributed by atoms with Gasteiger partial charge < -0.3 is 5.11 Å². The molecular weight excluding hydrogens is 230 g/mol. The Bertz CT molecular complexity index is 402. The molecule has 1 aromatic rings. The van der Waals surface area contributed by atoms with Crippen LogP contribution in [0.15, 0.2) is 24.0 Å². The Morgan fingerprint density at radius 1 is 1.43 bits per heavy atom. The van der Waals surface area contributed by atoms with Crippen molar-refractivity contribution >= 4 is 35.2 Å². The van der Waals surface area contributed by atoms with E-state index in [1.807, 2.05) is 0 Å². The molecule has 0 spiro atoms. The van der Waals surface area contributed by atoms with Crippen LogP contribution in [0.1, 0.15) is 5.56 Å². The molecule has 5 heteroatoms. The predicted molar refractivity (Wildman–Crippen MR) is 53.2 cm³/mol. The first kappa shape index (κ1) is 11.0. The van der Waals surface area contributed by atoms with Crippen LogP contribution >= 0.6 is 23.2 Å². The second-order valence-corrected chi connectivity index (χ2v) is 3.23. The molecule has 0 atom stereocenters. The predicted octanol–water partition coefficient (Wildman–Crippen LogP) is 3.39. The van der Waals surface area contributed by atoms with Gasteiger partial charge in [0.05, 0.1) is 10.0 Å². The molecule has 0 saturated carbocycles. The molecule has 0 heterocycles. The van der Waals surface area contributed by atoms with E-state index < -0.39 is 11.8 Å². The first-order valence-corrected chi connectivity index (χ1v) is 4.32. The maximum absolute atomic E-state index is 12.7. The molecule has 0 saturated heterocycles. The van der Waals surface area contributed by atoms with E-state index in [0.29, 0.717) is 0 Å². The fourth-order valence-corrected chi connectivity index (χ4v) is 1.19. The summed E-state index contributed by atoms with van der Waals surface area (Å²) in [6.07, 6.45) is 0.816. The van der Waals surface area contributed by atoms with Gasteiger partial charge in [-0.3, -0.25) is 0 Å². The number of carboxylic acids is 1. The molecule has 0 bridgehead atoms. The average Bonchev–Trinajstić information content (AvgIpc) is 2.12. The molecule has 2 nitrogen and oxygen atoms in total. The van der Waals surface area contributed by atoms with Crippen LogP contribution in [-0.4, -0.2) is 11.1 Å². The van der Waals surface area contributed by atoms with Gasteiger partial charge in [0.25, 0.3) is 0 Å². The lowest BCUT2D eigenvalue weighted by molar-refractivity contribution is -0.134. The number of hydrogen-bond acceptors (Lipinski definition) is 1. The van der Waals surface area contributed by atoms with Crippen molar-refractivity contribution in [3.63, 3.8) is 0 Å². The lowest BCUT2D eigenvalue weighted by atomic mass is 10.2. The van der Waals surface area contributed by atoms with Crippen molar-refractivity contribution in [2.45, 2.75) is 0 Å². The number of halogens is 3. The molecule has 74 valence electrons. The molecule has 0 aliphatic heterocycles. The molecule has 0 fully saturated rings. The number of benzene rings is 1. The van der Waals surface area contributed by atoms with Crippen molar-refractivity contribution in [2.75, 3.05) is 0 Å². The van der Waals surface area contributed by atoms with Gasteiger partial charge in [0, 0.05) is 0 Å². The Kier molecular flexibility index (Phi) is 3.49. The summed E-state index contributed by atoms with van der Waals surface area (Å²) in [6, 6.07) is 4.55. The Morgan fingerprint density at radius 3 is 2.64 bits per heavy atom. The summed E-state index contributed by atoms with van der Waals surface area (Å²) < 4.78 is 12.7. The van der Waals surface area contributed by atoms with Crippen molar-refractivity contribution < 1.29 is 14.3 Å². The van der Waals surface area contributed by atoms with Gasteiger partial charge in [-0.25, -0.2) is 4.79 Å². The van der Waals surface area contributed by atoms with E-state index in [1.165, 1.54) is 12.1 Å². The van der Waals surface area contributed by atoms with Crippen molar-refractivity contribution in [3.05, 3.63) is 39.6 Å². The highest BCUT2D eigenvalue weighted by Crippen LogP contribution is 2.27. The summed E-state index contributed by atoms with van der Waals surface area (Å²) in [4.78, 5) is 10.2. The van der Waals surface area contributed by atoms with Crippen LogP contribution in [0.25, 0.3) is 6.08 Å². The number of carboxylic acid groups (broad SMARTS) is 1. The van der Waals surface area contributed by atoms with E-state index in [4.69, 9.17) is 28.3 Å². The molecule has 1 N–H and O–H groups in total. The number of hydrogen-bond donors (Lipinski definition) is 1. The minimum absolute atomic E-state index is 0.130. The topological polar surface area (TPSA) is 37.3 Å². The van der Waals surface area contributed by atoms with Crippen LogP contribution in [0, 0.1) is 0 Å². The van der Waals surface area contributed by atoms with Crippen LogP contribution < -0.4 is 0 Å². The van der Waals surface area contributed by atoms with Crippen molar-refractivity contribution in [1.82, 2.24) is 0 Å². The third kappa shape index (κ3) is 2.47. The van der Waals surface area contributed by atoms with Crippen molar-refractivity contribution in [3.8, 4) is 0 Å². The zero-order valence-electron chi connectivity index (χ0n) is 6.80. The van der Waals surface area contributed by atoms with E-state index in [9.17, 15) is 9.18 Å². The summed E-state index contributed by atoms with van der Waals surface area (Å²) in [5.41, 5.74) is 0.235. The molecular formula is C9H5Cl2FO2. The standard InChI is InChI=1S/C9H5Cl2FO2/c10-6-3-1-2-5(8(6)11)4-7(12)9(13)14/h1-4H,(H,13,14). The molecule has 0 unspecified atom stereocenters. The molecule has 14 heavy (non-hydrogen) atoms.